The molecule has 1 aromatic carbocycles. The molecular weight excluding hydrogens is 317 g/mol. The molecule has 24 heavy (non-hydrogen) atoms. The Morgan fingerprint density at radius 3 is 2.54 bits per heavy atom. The monoisotopic (exact) mass is 341 g/mol. The summed E-state index contributed by atoms with van der Waals surface area (Å²) in [5.41, 5.74) is 0. The number of carbonyl (C=O) groups is 2. The lowest BCUT2D eigenvalue weighted by Crippen LogP contribution is -2.41. The maximum Gasteiger partial charge on any atom is 0.410 e. The van der Waals surface area contributed by atoms with E-state index in [1.807, 2.05) is 13.8 Å². The van der Waals surface area contributed by atoms with Crippen molar-refractivity contribution in [1.29, 1.82) is 0 Å². The van der Waals surface area contributed by atoms with Crippen LogP contribution in [0.15, 0.2) is 24.3 Å². The lowest BCUT2D eigenvalue weighted by atomic mass is 10.2. The van der Waals surface area contributed by atoms with Gasteiger partial charge < -0.3 is 14.6 Å². The average Bonchev–Trinajstić information content (AvgIpc) is 2.93. The summed E-state index contributed by atoms with van der Waals surface area (Å²) in [5, 5.41) is 9.23. The van der Waals surface area contributed by atoms with Crippen molar-refractivity contribution in [3.8, 4) is 5.75 Å². The normalized spacial score (nSPS) is 19.5. The number of hydrogen-bond acceptors (Lipinski definition) is 4. The van der Waals surface area contributed by atoms with Crippen LogP contribution in [0.2, 0.25) is 0 Å². The van der Waals surface area contributed by atoms with Crippen LogP contribution in [-0.4, -0.2) is 46.9 Å². The molecule has 7 heteroatoms. The van der Waals surface area contributed by atoms with Crippen LogP contribution in [0, 0.1) is 5.82 Å². The van der Waals surface area contributed by atoms with E-state index in [4.69, 9.17) is 9.47 Å². The van der Waals surface area contributed by atoms with Gasteiger partial charge in [-0.3, -0.25) is 4.90 Å². The van der Waals surface area contributed by atoms with Crippen molar-refractivity contribution in [2.45, 2.75) is 52.4 Å². The van der Waals surface area contributed by atoms with Gasteiger partial charge in [-0.2, -0.15) is 0 Å². The van der Waals surface area contributed by atoms with Gasteiger partial charge in [0.15, 0.2) is 0 Å². The molecule has 1 fully saturated rings. The molecule has 1 saturated heterocycles. The van der Waals surface area contributed by atoms with Crippen molar-refractivity contribution in [3.63, 3.8) is 0 Å². The van der Waals surface area contributed by atoms with E-state index >= 15 is 0 Å². The van der Waals surface area contributed by atoms with E-state index in [0.717, 1.165) is 4.90 Å². The summed E-state index contributed by atoms with van der Waals surface area (Å²) < 4.78 is 23.7. The first-order valence-corrected chi connectivity index (χ1v) is 7.99. The number of aliphatic carboxylic acids is 1. The Bertz CT molecular complexity index is 564. The van der Waals surface area contributed by atoms with E-state index in [1.165, 1.54) is 18.2 Å². The molecular formula is C17H24FNO5. The molecule has 1 aromatic rings. The predicted molar refractivity (Wildman–Crippen MR) is 86.5 cm³/mol. The summed E-state index contributed by atoms with van der Waals surface area (Å²) in [6.45, 7) is 7.45. The van der Waals surface area contributed by atoms with Gasteiger partial charge >= 0.3 is 12.1 Å². The third-order valence-electron chi connectivity index (χ3n) is 3.22. The molecule has 6 nitrogen and oxygen atoms in total. The minimum Gasteiger partial charge on any atom is -0.488 e. The van der Waals surface area contributed by atoms with Gasteiger partial charge in [0.25, 0.3) is 0 Å². The first kappa shape index (κ1) is 19.7. The number of halogens is 1. The van der Waals surface area contributed by atoms with E-state index in [-0.39, 0.29) is 19.1 Å². The molecule has 1 amide bonds. The zero-order chi connectivity index (χ0) is 18.3. The largest absolute Gasteiger partial charge is 0.488 e. The highest BCUT2D eigenvalue weighted by Crippen LogP contribution is 2.24. The number of benzene rings is 1. The van der Waals surface area contributed by atoms with Gasteiger partial charge in [-0.1, -0.05) is 19.9 Å². The molecule has 0 spiro atoms. The fourth-order valence-electron chi connectivity index (χ4n) is 2.32. The van der Waals surface area contributed by atoms with E-state index in [9.17, 15) is 19.1 Å². The number of carbonyl (C=O) groups excluding carboxylic acids is 1. The van der Waals surface area contributed by atoms with Crippen LogP contribution < -0.4 is 4.74 Å². The number of likely N-dealkylation sites (tertiary alicyclic amines) is 1. The van der Waals surface area contributed by atoms with E-state index in [0.29, 0.717) is 5.75 Å². The fourth-order valence-corrected chi connectivity index (χ4v) is 2.32. The molecule has 1 aliphatic rings. The van der Waals surface area contributed by atoms with Gasteiger partial charge in [0.2, 0.25) is 0 Å². The molecule has 0 aromatic heterocycles. The number of rotatable bonds is 4. The highest BCUT2D eigenvalue weighted by molar-refractivity contribution is 5.81. The lowest BCUT2D eigenvalue weighted by molar-refractivity contribution is -0.141. The van der Waals surface area contributed by atoms with Gasteiger partial charge in [-0.25, -0.2) is 14.0 Å². The van der Waals surface area contributed by atoms with Crippen LogP contribution in [-0.2, 0) is 9.53 Å². The van der Waals surface area contributed by atoms with Crippen LogP contribution in [0.4, 0.5) is 9.18 Å². The lowest BCUT2D eigenvalue weighted by Gasteiger charge is -2.21. The maximum atomic E-state index is 13.1. The number of hydrogen-bond donors (Lipinski definition) is 1. The molecule has 1 aliphatic heterocycles. The van der Waals surface area contributed by atoms with Crippen molar-refractivity contribution in [1.82, 2.24) is 4.90 Å². The summed E-state index contributed by atoms with van der Waals surface area (Å²) in [5.74, 6) is -1.26. The summed E-state index contributed by atoms with van der Waals surface area (Å²) in [6.07, 6.45) is -1.43. The van der Waals surface area contributed by atoms with Crippen molar-refractivity contribution in [3.05, 3.63) is 30.1 Å². The predicted octanol–water partition coefficient (Wildman–Crippen LogP) is 3.30. The third-order valence-corrected chi connectivity index (χ3v) is 3.22. The topological polar surface area (TPSA) is 76.1 Å². The maximum absolute atomic E-state index is 13.1. The molecule has 0 saturated carbocycles. The molecule has 0 bridgehead atoms. The Kier molecular flexibility index (Phi) is 7.48. The quantitative estimate of drug-likeness (QED) is 0.909. The Hall–Kier alpha value is -2.31. The van der Waals surface area contributed by atoms with E-state index in [1.54, 1.807) is 19.9 Å². The van der Waals surface area contributed by atoms with Crippen LogP contribution in [0.3, 0.4) is 0 Å². The van der Waals surface area contributed by atoms with Crippen LogP contribution in [0.1, 0.15) is 34.1 Å². The Morgan fingerprint density at radius 1 is 1.33 bits per heavy atom. The van der Waals surface area contributed by atoms with Crippen LogP contribution in [0.25, 0.3) is 0 Å². The number of carboxylic acids is 1. The van der Waals surface area contributed by atoms with Crippen molar-refractivity contribution in [2.24, 2.45) is 0 Å². The Balaban J connectivity index is 0.00000139. The fraction of sp³-hybridized carbons (Fsp3) is 0.529. The Morgan fingerprint density at radius 2 is 2.00 bits per heavy atom. The van der Waals surface area contributed by atoms with Crippen molar-refractivity contribution in [2.75, 3.05) is 6.54 Å². The SMILES string of the molecule is CC.CC(C)OC(=O)N1CC(Oc2cccc(F)c2)CC1C(=O)O. The highest BCUT2D eigenvalue weighted by Gasteiger charge is 2.42. The number of nitrogens with zero attached hydrogens (tertiary/aromatic N) is 1. The molecule has 2 unspecified atom stereocenters. The van der Waals surface area contributed by atoms with Gasteiger partial charge in [-0.15, -0.1) is 0 Å². The number of carboxylic acid groups (broad SMARTS) is 1. The van der Waals surface area contributed by atoms with Crippen LogP contribution in [0.5, 0.6) is 5.75 Å². The first-order chi connectivity index (χ1) is 11.4. The van der Waals surface area contributed by atoms with Crippen molar-refractivity contribution >= 4 is 12.1 Å². The molecule has 0 radical (unpaired) electrons. The summed E-state index contributed by atoms with van der Waals surface area (Å²) >= 11 is 0. The second-order valence-corrected chi connectivity index (χ2v) is 5.37. The molecule has 2 rings (SSSR count). The second kappa shape index (κ2) is 9.10. The standard InChI is InChI=1S/C15H18FNO5.C2H6/c1-9(2)21-15(20)17-8-12(7-13(17)14(18)19)22-11-5-3-4-10(16)6-11;1-2/h3-6,9,12-13H,7-8H2,1-2H3,(H,18,19);1-2H3. The van der Waals surface area contributed by atoms with Gasteiger partial charge in [0.1, 0.15) is 23.7 Å². The summed E-state index contributed by atoms with van der Waals surface area (Å²) in [7, 11) is 0. The number of ether oxygens (including phenoxy) is 2. The minimum atomic E-state index is -1.12. The Labute approximate surface area is 141 Å². The summed E-state index contributed by atoms with van der Waals surface area (Å²) in [4.78, 5) is 24.4. The first-order valence-electron chi connectivity index (χ1n) is 7.99. The van der Waals surface area contributed by atoms with Gasteiger partial charge in [0.05, 0.1) is 12.6 Å². The number of amides is 1. The minimum absolute atomic E-state index is 0.0824. The second-order valence-electron chi connectivity index (χ2n) is 5.37. The molecule has 1 heterocycles. The third kappa shape index (κ3) is 5.40. The van der Waals surface area contributed by atoms with E-state index < -0.39 is 30.0 Å². The van der Waals surface area contributed by atoms with Gasteiger partial charge in [-0.05, 0) is 26.0 Å². The summed E-state index contributed by atoms with van der Waals surface area (Å²) in [6, 6.07) is 4.57. The molecule has 134 valence electrons. The average molecular weight is 341 g/mol. The van der Waals surface area contributed by atoms with Crippen molar-refractivity contribution < 1.29 is 28.6 Å². The van der Waals surface area contributed by atoms with Gasteiger partial charge in [0, 0.05) is 12.5 Å². The zero-order valence-corrected chi connectivity index (χ0v) is 14.4. The zero-order valence-electron chi connectivity index (χ0n) is 14.4. The molecule has 2 atom stereocenters. The van der Waals surface area contributed by atoms with Crippen LogP contribution >= 0.6 is 0 Å². The smallest absolute Gasteiger partial charge is 0.410 e. The molecule has 1 N–H and O–H groups in total. The molecule has 0 aliphatic carbocycles. The highest BCUT2D eigenvalue weighted by atomic mass is 19.1. The van der Waals surface area contributed by atoms with E-state index in [2.05, 4.69) is 0 Å².